The van der Waals surface area contributed by atoms with E-state index in [9.17, 15) is 9.50 Å². The van der Waals surface area contributed by atoms with Gasteiger partial charge >= 0.3 is 0 Å². The molecule has 1 aromatic rings. The first kappa shape index (κ1) is 12.3. The van der Waals surface area contributed by atoms with Crippen LogP contribution in [0.4, 0.5) is 10.2 Å². The first-order valence-electron chi connectivity index (χ1n) is 5.73. The Morgan fingerprint density at radius 3 is 3.00 bits per heavy atom. The van der Waals surface area contributed by atoms with Crippen LogP contribution in [0.15, 0.2) is 12.3 Å². The maximum absolute atomic E-state index is 13.0. The number of hydrogen-bond acceptors (Lipinski definition) is 4. The molecule has 1 aromatic heterocycles. The Morgan fingerprint density at radius 1 is 1.65 bits per heavy atom. The van der Waals surface area contributed by atoms with Gasteiger partial charge in [-0.05, 0) is 19.4 Å². The molecule has 1 aliphatic rings. The lowest BCUT2D eigenvalue weighted by Crippen LogP contribution is -2.37. The molecule has 0 spiro atoms. The van der Waals surface area contributed by atoms with Gasteiger partial charge in [-0.1, -0.05) is 0 Å². The van der Waals surface area contributed by atoms with Crippen molar-refractivity contribution in [1.29, 1.82) is 0 Å². The Kier molecular flexibility index (Phi) is 3.59. The van der Waals surface area contributed by atoms with E-state index in [1.165, 1.54) is 12.3 Å². The zero-order valence-corrected chi connectivity index (χ0v) is 10.1. The number of anilines is 1. The number of pyridine rings is 1. The van der Waals surface area contributed by atoms with Crippen LogP contribution in [0.3, 0.4) is 0 Å². The van der Waals surface area contributed by atoms with E-state index in [1.54, 1.807) is 0 Å². The molecule has 0 amide bonds. The van der Waals surface area contributed by atoms with Crippen molar-refractivity contribution in [2.45, 2.75) is 32.1 Å². The van der Waals surface area contributed by atoms with Gasteiger partial charge in [0.15, 0.2) is 0 Å². The van der Waals surface area contributed by atoms with E-state index < -0.39 is 5.82 Å². The minimum Gasteiger partial charge on any atom is -0.392 e. The maximum atomic E-state index is 13.0. The van der Waals surface area contributed by atoms with Gasteiger partial charge in [-0.15, -0.1) is 0 Å². The molecule has 1 saturated heterocycles. The molecule has 2 rings (SSSR count). The molecule has 2 unspecified atom stereocenters. The van der Waals surface area contributed by atoms with E-state index in [0.717, 1.165) is 13.0 Å². The fourth-order valence-electron chi connectivity index (χ4n) is 2.29. The fraction of sp³-hybridized carbons (Fsp3) is 0.583. The number of rotatable bonds is 3. The predicted molar refractivity (Wildman–Crippen MR) is 62.3 cm³/mol. The summed E-state index contributed by atoms with van der Waals surface area (Å²) in [4.78, 5) is 6.02. The van der Waals surface area contributed by atoms with Crippen LogP contribution < -0.4 is 4.90 Å². The summed E-state index contributed by atoms with van der Waals surface area (Å²) in [6.45, 7) is 2.52. The van der Waals surface area contributed by atoms with Gasteiger partial charge < -0.3 is 14.7 Å². The Hall–Kier alpha value is -1.20. The molecule has 2 atom stereocenters. The molecule has 17 heavy (non-hydrogen) atoms. The summed E-state index contributed by atoms with van der Waals surface area (Å²) >= 11 is 0. The van der Waals surface area contributed by atoms with Crippen molar-refractivity contribution >= 4 is 5.82 Å². The third-order valence-corrected chi connectivity index (χ3v) is 3.25. The molecule has 4 nitrogen and oxygen atoms in total. The Morgan fingerprint density at radius 2 is 2.41 bits per heavy atom. The Labute approximate surface area is 100 Å². The van der Waals surface area contributed by atoms with Crippen LogP contribution in [0.25, 0.3) is 0 Å². The van der Waals surface area contributed by atoms with Gasteiger partial charge in [0, 0.05) is 19.2 Å². The normalized spacial score (nSPS) is 24.0. The first-order chi connectivity index (χ1) is 8.13. The van der Waals surface area contributed by atoms with Gasteiger partial charge in [-0.3, -0.25) is 0 Å². The monoisotopic (exact) mass is 240 g/mol. The minimum atomic E-state index is -0.429. The van der Waals surface area contributed by atoms with E-state index in [0.29, 0.717) is 11.4 Å². The number of likely N-dealkylation sites (N-methyl/N-ethyl adjacent to an activating group) is 1. The molecule has 2 heterocycles. The zero-order chi connectivity index (χ0) is 12.4. The van der Waals surface area contributed by atoms with E-state index in [-0.39, 0.29) is 18.8 Å². The van der Waals surface area contributed by atoms with Crippen LogP contribution in [0.5, 0.6) is 0 Å². The van der Waals surface area contributed by atoms with E-state index in [1.807, 2.05) is 18.9 Å². The lowest BCUT2D eigenvalue weighted by atomic mass is 10.1. The summed E-state index contributed by atoms with van der Waals surface area (Å²) in [6.07, 6.45) is 2.21. The standard InChI is InChI=1S/C12H17FN2O2/c1-8-11(3-4-17-8)15(2)12-9(7-16)5-10(13)6-14-12/h5-6,8,11,16H,3-4,7H2,1-2H3. The van der Waals surface area contributed by atoms with Crippen molar-refractivity contribution in [3.05, 3.63) is 23.6 Å². The Balaban J connectivity index is 2.26. The second kappa shape index (κ2) is 4.98. The molecule has 0 aliphatic carbocycles. The smallest absolute Gasteiger partial charge is 0.142 e. The second-order valence-corrected chi connectivity index (χ2v) is 4.34. The fourth-order valence-corrected chi connectivity index (χ4v) is 2.29. The highest BCUT2D eigenvalue weighted by molar-refractivity contribution is 5.47. The SMILES string of the molecule is CC1OCCC1N(C)c1ncc(F)cc1CO. The Bertz CT molecular complexity index is 400. The van der Waals surface area contributed by atoms with Crippen LogP contribution in [0, 0.1) is 5.82 Å². The zero-order valence-electron chi connectivity index (χ0n) is 10.1. The topological polar surface area (TPSA) is 45.6 Å². The molecule has 0 radical (unpaired) electrons. The van der Waals surface area contributed by atoms with Gasteiger partial charge in [-0.25, -0.2) is 9.37 Å². The van der Waals surface area contributed by atoms with Crippen molar-refractivity contribution in [3.8, 4) is 0 Å². The highest BCUT2D eigenvalue weighted by Gasteiger charge is 2.29. The summed E-state index contributed by atoms with van der Waals surface area (Å²) in [5.74, 6) is 0.193. The predicted octanol–water partition coefficient (Wildman–Crippen LogP) is 1.33. The number of ether oxygens (including phenoxy) is 1. The summed E-state index contributed by atoms with van der Waals surface area (Å²) in [6, 6.07) is 1.54. The van der Waals surface area contributed by atoms with Crippen LogP contribution in [0.1, 0.15) is 18.9 Å². The number of nitrogens with zero attached hydrogens (tertiary/aromatic N) is 2. The van der Waals surface area contributed by atoms with Crippen molar-refractivity contribution in [2.75, 3.05) is 18.6 Å². The molecule has 0 saturated carbocycles. The molecule has 0 bridgehead atoms. The molecule has 5 heteroatoms. The van der Waals surface area contributed by atoms with Crippen molar-refractivity contribution in [2.24, 2.45) is 0 Å². The van der Waals surface area contributed by atoms with E-state index in [2.05, 4.69) is 4.98 Å². The van der Waals surface area contributed by atoms with Crippen LogP contribution in [-0.4, -0.2) is 35.9 Å². The largest absolute Gasteiger partial charge is 0.392 e. The van der Waals surface area contributed by atoms with Gasteiger partial charge in [-0.2, -0.15) is 0 Å². The molecular weight excluding hydrogens is 223 g/mol. The van der Waals surface area contributed by atoms with Crippen LogP contribution >= 0.6 is 0 Å². The van der Waals surface area contributed by atoms with E-state index >= 15 is 0 Å². The third kappa shape index (κ3) is 2.40. The summed E-state index contributed by atoms with van der Waals surface area (Å²) < 4.78 is 18.5. The highest BCUT2D eigenvalue weighted by Crippen LogP contribution is 2.25. The van der Waals surface area contributed by atoms with Crippen molar-refractivity contribution in [3.63, 3.8) is 0 Å². The van der Waals surface area contributed by atoms with Crippen LogP contribution in [0.2, 0.25) is 0 Å². The number of halogens is 1. The minimum absolute atomic E-state index is 0.124. The molecule has 1 N–H and O–H groups in total. The summed E-state index contributed by atoms with van der Waals surface area (Å²) in [7, 11) is 1.90. The molecular formula is C12H17FN2O2. The number of aliphatic hydroxyl groups excluding tert-OH is 1. The second-order valence-electron chi connectivity index (χ2n) is 4.34. The van der Waals surface area contributed by atoms with Gasteiger partial charge in [0.25, 0.3) is 0 Å². The lowest BCUT2D eigenvalue weighted by Gasteiger charge is -2.29. The lowest BCUT2D eigenvalue weighted by molar-refractivity contribution is 0.118. The van der Waals surface area contributed by atoms with Gasteiger partial charge in [0.05, 0.1) is 24.9 Å². The maximum Gasteiger partial charge on any atom is 0.142 e. The van der Waals surface area contributed by atoms with Gasteiger partial charge in [0.2, 0.25) is 0 Å². The molecule has 1 aliphatic heterocycles. The van der Waals surface area contributed by atoms with Crippen molar-refractivity contribution < 1.29 is 14.2 Å². The molecule has 1 fully saturated rings. The van der Waals surface area contributed by atoms with E-state index in [4.69, 9.17) is 4.74 Å². The summed E-state index contributed by atoms with van der Waals surface area (Å²) in [5.41, 5.74) is 0.506. The number of aromatic nitrogens is 1. The third-order valence-electron chi connectivity index (χ3n) is 3.25. The quantitative estimate of drug-likeness (QED) is 0.865. The number of aliphatic hydroxyl groups is 1. The highest BCUT2D eigenvalue weighted by atomic mass is 19.1. The molecule has 0 aromatic carbocycles. The first-order valence-corrected chi connectivity index (χ1v) is 5.73. The molecule has 94 valence electrons. The van der Waals surface area contributed by atoms with Gasteiger partial charge in [0.1, 0.15) is 11.6 Å². The average Bonchev–Trinajstić information content (AvgIpc) is 2.74. The number of hydrogen-bond donors (Lipinski definition) is 1. The average molecular weight is 240 g/mol. The summed E-state index contributed by atoms with van der Waals surface area (Å²) in [5, 5.41) is 9.24. The van der Waals surface area contributed by atoms with Crippen LogP contribution in [-0.2, 0) is 11.3 Å². The van der Waals surface area contributed by atoms with Crippen molar-refractivity contribution in [1.82, 2.24) is 4.98 Å².